The Balaban J connectivity index is 1.62. The Kier molecular flexibility index (Phi) is 6.86. The molecule has 2 amide bonds. The Morgan fingerprint density at radius 1 is 1.04 bits per heavy atom. The number of hydrogen-bond acceptors (Lipinski definition) is 3. The van der Waals surface area contributed by atoms with E-state index in [0.29, 0.717) is 32.6 Å². The van der Waals surface area contributed by atoms with Crippen molar-refractivity contribution in [1.29, 1.82) is 0 Å². The van der Waals surface area contributed by atoms with Gasteiger partial charge in [-0.05, 0) is 54.7 Å². The van der Waals surface area contributed by atoms with Gasteiger partial charge in [-0.25, -0.2) is 0 Å². The first kappa shape index (κ1) is 20.6. The number of halogens is 1. The van der Waals surface area contributed by atoms with Crippen molar-refractivity contribution >= 4 is 33.4 Å². The van der Waals surface area contributed by atoms with Gasteiger partial charge in [0.15, 0.2) is 0 Å². The molecule has 0 aromatic heterocycles. The zero-order valence-corrected chi connectivity index (χ0v) is 17.6. The van der Waals surface area contributed by atoms with Crippen LogP contribution < -0.4 is 10.6 Å². The molecule has 1 heterocycles. The van der Waals surface area contributed by atoms with Crippen molar-refractivity contribution in [3.05, 3.63) is 64.1 Å². The first-order valence-corrected chi connectivity index (χ1v) is 10.3. The van der Waals surface area contributed by atoms with E-state index in [1.165, 1.54) is 6.92 Å². The predicted molar refractivity (Wildman–Crippen MR) is 113 cm³/mol. The molecule has 0 aliphatic carbocycles. The number of rotatable bonds is 6. The molecule has 5 nitrogen and oxygen atoms in total. The van der Waals surface area contributed by atoms with Gasteiger partial charge < -0.3 is 15.4 Å². The smallest absolute Gasteiger partial charge is 0.230 e. The summed E-state index contributed by atoms with van der Waals surface area (Å²) in [4.78, 5) is 24.2. The van der Waals surface area contributed by atoms with E-state index >= 15 is 0 Å². The van der Waals surface area contributed by atoms with Gasteiger partial charge in [0.1, 0.15) is 0 Å². The zero-order valence-electron chi connectivity index (χ0n) is 16.0. The van der Waals surface area contributed by atoms with Gasteiger partial charge >= 0.3 is 0 Å². The predicted octanol–water partition coefficient (Wildman–Crippen LogP) is 3.81. The van der Waals surface area contributed by atoms with Crippen LogP contribution in [-0.4, -0.2) is 31.6 Å². The normalized spacial score (nSPS) is 15.6. The minimum Gasteiger partial charge on any atom is -0.381 e. The van der Waals surface area contributed by atoms with Crippen molar-refractivity contribution < 1.29 is 14.3 Å². The van der Waals surface area contributed by atoms with Crippen LogP contribution in [0.5, 0.6) is 0 Å². The quantitative estimate of drug-likeness (QED) is 0.711. The highest BCUT2D eigenvalue weighted by Crippen LogP contribution is 2.35. The van der Waals surface area contributed by atoms with Gasteiger partial charge in [0.2, 0.25) is 11.8 Å². The average molecular weight is 445 g/mol. The van der Waals surface area contributed by atoms with Crippen LogP contribution in [0, 0.1) is 0 Å². The Labute approximate surface area is 174 Å². The molecule has 0 saturated carbocycles. The average Bonchev–Trinajstić information content (AvgIpc) is 2.70. The molecule has 1 saturated heterocycles. The van der Waals surface area contributed by atoms with E-state index in [9.17, 15) is 9.59 Å². The second kappa shape index (κ2) is 9.34. The van der Waals surface area contributed by atoms with E-state index in [1.807, 2.05) is 48.5 Å². The monoisotopic (exact) mass is 444 g/mol. The maximum absolute atomic E-state index is 13.1. The summed E-state index contributed by atoms with van der Waals surface area (Å²) in [6.45, 7) is 3.24. The molecule has 148 valence electrons. The first-order valence-electron chi connectivity index (χ1n) is 9.48. The standard InChI is InChI=1S/C22H25BrN2O3/c1-16(26)25-20-8-2-17(3-9-20)10-13-24-21(27)22(11-14-28-15-12-22)18-4-6-19(23)7-5-18/h2-9H,10-15H2,1H3,(H,24,27)(H,25,26). The van der Waals surface area contributed by atoms with Crippen LogP contribution in [0.15, 0.2) is 53.0 Å². The van der Waals surface area contributed by atoms with Crippen LogP contribution in [0.4, 0.5) is 5.69 Å². The molecule has 28 heavy (non-hydrogen) atoms. The molecule has 0 bridgehead atoms. The van der Waals surface area contributed by atoms with Gasteiger partial charge in [0, 0.05) is 36.8 Å². The van der Waals surface area contributed by atoms with Gasteiger partial charge in [-0.2, -0.15) is 0 Å². The Morgan fingerprint density at radius 3 is 2.29 bits per heavy atom. The molecular weight excluding hydrogens is 420 g/mol. The number of nitrogens with one attached hydrogen (secondary N) is 2. The summed E-state index contributed by atoms with van der Waals surface area (Å²) >= 11 is 3.46. The van der Waals surface area contributed by atoms with Gasteiger partial charge in [0.25, 0.3) is 0 Å². The summed E-state index contributed by atoms with van der Waals surface area (Å²) in [6, 6.07) is 15.7. The van der Waals surface area contributed by atoms with E-state index in [2.05, 4.69) is 26.6 Å². The van der Waals surface area contributed by atoms with Crippen molar-refractivity contribution in [2.24, 2.45) is 0 Å². The molecule has 0 radical (unpaired) electrons. The number of hydrogen-bond donors (Lipinski definition) is 2. The van der Waals surface area contributed by atoms with Crippen molar-refractivity contribution in [2.75, 3.05) is 25.1 Å². The number of carbonyl (C=O) groups is 2. The fraction of sp³-hybridized carbons (Fsp3) is 0.364. The summed E-state index contributed by atoms with van der Waals surface area (Å²) in [7, 11) is 0. The molecule has 6 heteroatoms. The van der Waals surface area contributed by atoms with Crippen molar-refractivity contribution in [3.63, 3.8) is 0 Å². The van der Waals surface area contributed by atoms with Crippen molar-refractivity contribution in [2.45, 2.75) is 31.6 Å². The molecule has 0 atom stereocenters. The van der Waals surface area contributed by atoms with E-state index in [-0.39, 0.29) is 11.8 Å². The molecule has 1 aliphatic rings. The summed E-state index contributed by atoms with van der Waals surface area (Å²) < 4.78 is 6.51. The first-order chi connectivity index (χ1) is 13.5. The summed E-state index contributed by atoms with van der Waals surface area (Å²) in [5, 5.41) is 5.88. The third-order valence-corrected chi connectivity index (χ3v) is 5.68. The molecule has 0 spiro atoms. The Bertz CT molecular complexity index is 813. The topological polar surface area (TPSA) is 67.4 Å². The summed E-state index contributed by atoms with van der Waals surface area (Å²) in [6.07, 6.45) is 2.11. The number of amides is 2. The van der Waals surface area contributed by atoms with Gasteiger partial charge in [0.05, 0.1) is 5.41 Å². The van der Waals surface area contributed by atoms with Crippen LogP contribution in [0.3, 0.4) is 0 Å². The Hall–Kier alpha value is -2.18. The summed E-state index contributed by atoms with van der Waals surface area (Å²) in [5.41, 5.74) is 2.39. The largest absolute Gasteiger partial charge is 0.381 e. The molecule has 0 unspecified atom stereocenters. The van der Waals surface area contributed by atoms with Gasteiger partial charge in [-0.3, -0.25) is 9.59 Å². The van der Waals surface area contributed by atoms with E-state index in [0.717, 1.165) is 27.7 Å². The Morgan fingerprint density at radius 2 is 1.68 bits per heavy atom. The van der Waals surface area contributed by atoms with Crippen molar-refractivity contribution in [3.8, 4) is 0 Å². The number of anilines is 1. The molecular formula is C22H25BrN2O3. The van der Waals surface area contributed by atoms with Crippen LogP contribution in [0.25, 0.3) is 0 Å². The van der Waals surface area contributed by atoms with Crippen LogP contribution in [0.2, 0.25) is 0 Å². The van der Waals surface area contributed by atoms with E-state index in [4.69, 9.17) is 4.74 Å². The fourth-order valence-corrected chi connectivity index (χ4v) is 3.85. The lowest BCUT2D eigenvalue weighted by Gasteiger charge is -2.36. The minimum atomic E-state index is -0.534. The molecule has 2 aromatic rings. The minimum absolute atomic E-state index is 0.0630. The third-order valence-electron chi connectivity index (χ3n) is 5.15. The molecule has 2 N–H and O–H groups in total. The molecule has 3 rings (SSSR count). The lowest BCUT2D eigenvalue weighted by molar-refractivity contribution is -0.130. The number of ether oxygens (including phenoxy) is 1. The number of benzene rings is 2. The second-order valence-corrected chi connectivity index (χ2v) is 8.00. The highest BCUT2D eigenvalue weighted by Gasteiger charge is 2.41. The zero-order chi connectivity index (χ0) is 20.0. The van der Waals surface area contributed by atoms with Crippen molar-refractivity contribution in [1.82, 2.24) is 5.32 Å². The summed E-state index contributed by atoms with van der Waals surface area (Å²) in [5.74, 6) is -0.0253. The lowest BCUT2D eigenvalue weighted by Crippen LogP contribution is -2.48. The highest BCUT2D eigenvalue weighted by atomic mass is 79.9. The van der Waals surface area contributed by atoms with Gasteiger partial charge in [-0.15, -0.1) is 0 Å². The third kappa shape index (κ3) is 5.00. The fourth-order valence-electron chi connectivity index (χ4n) is 3.58. The van der Waals surface area contributed by atoms with E-state index < -0.39 is 5.41 Å². The van der Waals surface area contributed by atoms with Crippen LogP contribution in [-0.2, 0) is 26.2 Å². The molecule has 1 aliphatic heterocycles. The number of carbonyl (C=O) groups excluding carboxylic acids is 2. The molecule has 2 aromatic carbocycles. The highest BCUT2D eigenvalue weighted by molar-refractivity contribution is 9.10. The van der Waals surface area contributed by atoms with E-state index in [1.54, 1.807) is 0 Å². The van der Waals surface area contributed by atoms with Crippen LogP contribution in [0.1, 0.15) is 30.9 Å². The maximum atomic E-state index is 13.1. The van der Waals surface area contributed by atoms with Crippen LogP contribution >= 0.6 is 15.9 Å². The second-order valence-electron chi connectivity index (χ2n) is 7.09. The van der Waals surface area contributed by atoms with Gasteiger partial charge in [-0.1, -0.05) is 40.2 Å². The SMILES string of the molecule is CC(=O)Nc1ccc(CCNC(=O)C2(c3ccc(Br)cc3)CCOCC2)cc1. The molecule has 1 fully saturated rings. The maximum Gasteiger partial charge on any atom is 0.230 e. The lowest BCUT2D eigenvalue weighted by atomic mass is 9.73.